The van der Waals surface area contributed by atoms with Crippen LogP contribution in [0.5, 0.6) is 0 Å². The molecule has 0 saturated carbocycles. The van der Waals surface area contributed by atoms with Crippen molar-refractivity contribution in [3.05, 3.63) is 18.3 Å². The van der Waals surface area contributed by atoms with Crippen molar-refractivity contribution in [2.45, 2.75) is 31.8 Å². The van der Waals surface area contributed by atoms with E-state index in [0.717, 1.165) is 5.69 Å². The van der Waals surface area contributed by atoms with Gasteiger partial charge in [-0.1, -0.05) is 0 Å². The second-order valence-electron chi connectivity index (χ2n) is 4.99. The smallest absolute Gasteiger partial charge is 0.333 e. The largest absolute Gasteiger partial charge is 0.390 e. The minimum Gasteiger partial charge on any atom is -0.390 e. The standard InChI is InChI=1S/C11H15N5O5S/c1-6-10-11(14-4-13-6)16(5-15-10)9-2-7(17)8(21-9)3-20-22(12,18)19/h4-5,7-9,17H,2-3H2,1H3,(H2,12,18,19)/t7-,8+,9+/m0/s1. The topological polar surface area (TPSA) is 142 Å². The summed E-state index contributed by atoms with van der Waals surface area (Å²) in [6.45, 7) is 1.46. The number of aryl methyl sites for hydroxylation is 1. The molecule has 0 unspecified atom stereocenters. The number of nitrogens with two attached hydrogens (primary N) is 1. The van der Waals surface area contributed by atoms with E-state index in [9.17, 15) is 13.5 Å². The summed E-state index contributed by atoms with van der Waals surface area (Å²) < 4.78 is 33.4. The molecule has 0 spiro atoms. The Bertz CT molecular complexity index is 791. The number of nitrogens with zero attached hydrogens (tertiary/aromatic N) is 4. The van der Waals surface area contributed by atoms with E-state index in [2.05, 4.69) is 19.1 Å². The van der Waals surface area contributed by atoms with Gasteiger partial charge in [0.2, 0.25) is 0 Å². The number of aromatic nitrogens is 4. The summed E-state index contributed by atoms with van der Waals surface area (Å²) in [4.78, 5) is 12.4. The van der Waals surface area contributed by atoms with Crippen molar-refractivity contribution in [3.63, 3.8) is 0 Å². The molecule has 10 nitrogen and oxygen atoms in total. The van der Waals surface area contributed by atoms with Crippen molar-refractivity contribution in [1.82, 2.24) is 19.5 Å². The molecule has 3 N–H and O–H groups in total. The molecule has 22 heavy (non-hydrogen) atoms. The molecule has 0 amide bonds. The van der Waals surface area contributed by atoms with Crippen molar-refractivity contribution < 1.29 is 22.4 Å². The van der Waals surface area contributed by atoms with E-state index in [0.29, 0.717) is 11.2 Å². The summed E-state index contributed by atoms with van der Waals surface area (Å²) in [5, 5.41) is 14.7. The molecule has 1 aliphatic heterocycles. The van der Waals surface area contributed by atoms with Crippen LogP contribution in [0.15, 0.2) is 12.7 Å². The van der Waals surface area contributed by atoms with Gasteiger partial charge in [0, 0.05) is 6.42 Å². The van der Waals surface area contributed by atoms with E-state index in [1.165, 1.54) is 6.33 Å². The van der Waals surface area contributed by atoms with E-state index >= 15 is 0 Å². The van der Waals surface area contributed by atoms with Crippen LogP contribution in [0.4, 0.5) is 0 Å². The van der Waals surface area contributed by atoms with Gasteiger partial charge in [-0.25, -0.2) is 20.1 Å². The maximum atomic E-state index is 10.8. The van der Waals surface area contributed by atoms with E-state index in [-0.39, 0.29) is 13.0 Å². The van der Waals surface area contributed by atoms with Crippen LogP contribution in [0.25, 0.3) is 11.2 Å². The lowest BCUT2D eigenvalue weighted by atomic mass is 10.2. The highest BCUT2D eigenvalue weighted by molar-refractivity contribution is 7.84. The van der Waals surface area contributed by atoms with Gasteiger partial charge in [0.25, 0.3) is 0 Å². The summed E-state index contributed by atoms with van der Waals surface area (Å²) in [5.41, 5.74) is 1.96. The fraction of sp³-hybridized carbons (Fsp3) is 0.545. The van der Waals surface area contributed by atoms with Crippen LogP contribution in [-0.2, 0) is 19.2 Å². The second kappa shape index (κ2) is 5.52. The van der Waals surface area contributed by atoms with Gasteiger partial charge in [-0.15, -0.1) is 0 Å². The highest BCUT2D eigenvalue weighted by Crippen LogP contribution is 2.31. The Morgan fingerprint density at radius 3 is 3.00 bits per heavy atom. The Hall–Kier alpha value is -1.66. The summed E-state index contributed by atoms with van der Waals surface area (Å²) in [7, 11) is -4.08. The molecule has 1 fully saturated rings. The summed E-state index contributed by atoms with van der Waals surface area (Å²) in [6, 6.07) is 0. The fourth-order valence-electron chi connectivity index (χ4n) is 2.38. The van der Waals surface area contributed by atoms with E-state index in [1.54, 1.807) is 10.9 Å². The first-order valence-corrected chi connectivity index (χ1v) is 7.97. The minimum absolute atomic E-state index is 0.257. The van der Waals surface area contributed by atoms with Gasteiger partial charge >= 0.3 is 10.3 Å². The Morgan fingerprint density at radius 1 is 1.50 bits per heavy atom. The molecule has 0 aromatic carbocycles. The zero-order valence-electron chi connectivity index (χ0n) is 11.7. The van der Waals surface area contributed by atoms with Crippen molar-refractivity contribution >= 4 is 21.5 Å². The molecule has 11 heteroatoms. The molecular weight excluding hydrogens is 314 g/mol. The van der Waals surface area contributed by atoms with Crippen molar-refractivity contribution in [3.8, 4) is 0 Å². The number of ether oxygens (including phenoxy) is 1. The predicted molar refractivity (Wildman–Crippen MR) is 73.7 cm³/mol. The monoisotopic (exact) mass is 329 g/mol. The number of hydrogen-bond donors (Lipinski definition) is 2. The molecule has 1 aliphatic rings. The molecule has 120 valence electrons. The molecule has 0 radical (unpaired) electrons. The van der Waals surface area contributed by atoms with Gasteiger partial charge in [0.05, 0.1) is 24.7 Å². The van der Waals surface area contributed by atoms with Crippen molar-refractivity contribution in [1.29, 1.82) is 0 Å². The van der Waals surface area contributed by atoms with Crippen LogP contribution in [0, 0.1) is 6.92 Å². The van der Waals surface area contributed by atoms with Crippen LogP contribution in [0.3, 0.4) is 0 Å². The van der Waals surface area contributed by atoms with E-state index < -0.39 is 28.7 Å². The third-order valence-electron chi connectivity index (χ3n) is 3.45. The normalized spacial score (nSPS) is 25.9. The lowest BCUT2D eigenvalue weighted by Crippen LogP contribution is -2.30. The molecule has 2 aromatic heterocycles. The molecule has 3 atom stereocenters. The zero-order valence-corrected chi connectivity index (χ0v) is 12.5. The van der Waals surface area contributed by atoms with Crippen LogP contribution >= 0.6 is 0 Å². The third kappa shape index (κ3) is 2.94. The van der Waals surface area contributed by atoms with Crippen molar-refractivity contribution in [2.75, 3.05) is 6.61 Å². The van der Waals surface area contributed by atoms with Gasteiger partial charge in [0.1, 0.15) is 24.2 Å². The average Bonchev–Trinajstić information content (AvgIpc) is 3.00. The van der Waals surface area contributed by atoms with Crippen molar-refractivity contribution in [2.24, 2.45) is 5.14 Å². The van der Waals surface area contributed by atoms with Gasteiger partial charge in [-0.3, -0.25) is 8.75 Å². The quantitative estimate of drug-likeness (QED) is 0.727. The number of rotatable bonds is 4. The number of fused-ring (bicyclic) bond motifs is 1. The molecule has 3 heterocycles. The second-order valence-corrected chi connectivity index (χ2v) is 6.21. The van der Waals surface area contributed by atoms with Crippen LogP contribution in [-0.4, -0.2) is 51.9 Å². The van der Waals surface area contributed by atoms with Gasteiger partial charge in [-0.2, -0.15) is 8.42 Å². The highest BCUT2D eigenvalue weighted by atomic mass is 32.2. The Kier molecular flexibility index (Phi) is 3.82. The molecule has 3 rings (SSSR count). The molecule has 2 aromatic rings. The number of hydrogen-bond acceptors (Lipinski definition) is 8. The minimum atomic E-state index is -4.08. The number of aliphatic hydroxyl groups excluding tert-OH is 1. The lowest BCUT2D eigenvalue weighted by Gasteiger charge is -2.15. The highest BCUT2D eigenvalue weighted by Gasteiger charge is 2.36. The average molecular weight is 329 g/mol. The van der Waals surface area contributed by atoms with E-state index in [1.807, 2.05) is 6.92 Å². The SMILES string of the molecule is Cc1ncnc2c1ncn2[C@H]1C[C@H](O)[C@@H](COS(N)(=O)=O)O1. The van der Waals surface area contributed by atoms with Gasteiger partial charge in [-0.05, 0) is 6.92 Å². The van der Waals surface area contributed by atoms with Gasteiger partial charge < -0.3 is 9.84 Å². The lowest BCUT2D eigenvalue weighted by molar-refractivity contribution is -0.0371. The summed E-state index contributed by atoms with van der Waals surface area (Å²) in [6.07, 6.45) is 1.02. The Morgan fingerprint density at radius 2 is 2.27 bits per heavy atom. The summed E-state index contributed by atoms with van der Waals surface area (Å²) >= 11 is 0. The summed E-state index contributed by atoms with van der Waals surface area (Å²) in [5.74, 6) is 0. The Balaban J connectivity index is 1.80. The Labute approximate surface area is 126 Å². The maximum Gasteiger partial charge on any atom is 0.333 e. The first-order chi connectivity index (χ1) is 10.3. The van der Waals surface area contributed by atoms with Crippen LogP contribution in [0.2, 0.25) is 0 Å². The molecule has 0 aliphatic carbocycles. The first kappa shape index (κ1) is 15.2. The molecule has 0 bridgehead atoms. The molecular formula is C11H15N5O5S. The zero-order chi connectivity index (χ0) is 15.9. The number of imidazole rings is 1. The predicted octanol–water partition coefficient (Wildman–Crippen LogP) is -0.997. The van der Waals surface area contributed by atoms with Crippen LogP contribution in [0.1, 0.15) is 18.3 Å². The van der Waals surface area contributed by atoms with Crippen LogP contribution < -0.4 is 5.14 Å². The molecule has 1 saturated heterocycles. The van der Waals surface area contributed by atoms with Gasteiger partial charge in [0.15, 0.2) is 5.65 Å². The third-order valence-corrected chi connectivity index (χ3v) is 3.92. The maximum absolute atomic E-state index is 10.8. The van der Waals surface area contributed by atoms with E-state index in [4.69, 9.17) is 9.88 Å². The fourth-order valence-corrected chi connectivity index (χ4v) is 2.70. The number of aliphatic hydroxyl groups is 1. The first-order valence-electron chi connectivity index (χ1n) is 6.50.